The molecule has 0 spiro atoms. The number of nitrogens with one attached hydrogen (secondary N) is 1. The fourth-order valence-corrected chi connectivity index (χ4v) is 3.91. The average molecular weight is 431 g/mol. The number of benzene rings is 2. The predicted octanol–water partition coefficient (Wildman–Crippen LogP) is 4.18. The molecule has 0 unspecified atom stereocenters. The van der Waals surface area contributed by atoms with Gasteiger partial charge >= 0.3 is 0 Å². The number of carbonyl (C=O) groups is 1. The number of ketones is 1. The molecule has 2 heterocycles. The van der Waals surface area contributed by atoms with Crippen molar-refractivity contribution in [1.29, 1.82) is 0 Å². The summed E-state index contributed by atoms with van der Waals surface area (Å²) in [7, 11) is 0. The molecule has 1 atom stereocenters. The van der Waals surface area contributed by atoms with Crippen LogP contribution in [0.4, 0.5) is 11.6 Å². The molecule has 0 saturated carbocycles. The summed E-state index contributed by atoms with van der Waals surface area (Å²) < 4.78 is 5.81. The van der Waals surface area contributed by atoms with Gasteiger partial charge in [-0.2, -0.15) is 0 Å². The van der Waals surface area contributed by atoms with Crippen molar-refractivity contribution in [3.8, 4) is 11.5 Å². The lowest BCUT2D eigenvalue weighted by Crippen LogP contribution is -2.29. The molecule has 7 nitrogen and oxygen atoms in total. The average Bonchev–Trinajstić information content (AvgIpc) is 3.21. The highest BCUT2D eigenvalue weighted by Gasteiger charge is 2.26. The summed E-state index contributed by atoms with van der Waals surface area (Å²) in [5, 5.41) is 3.42. The lowest BCUT2D eigenvalue weighted by molar-refractivity contribution is 0.103. The highest BCUT2D eigenvalue weighted by Crippen LogP contribution is 2.26. The van der Waals surface area contributed by atoms with E-state index in [9.17, 15) is 4.79 Å². The van der Waals surface area contributed by atoms with Crippen LogP contribution in [0.1, 0.15) is 36.2 Å². The molecule has 3 aromatic rings. The second kappa shape index (κ2) is 9.78. The summed E-state index contributed by atoms with van der Waals surface area (Å²) in [4.78, 5) is 24.1. The molecule has 0 aliphatic carbocycles. The van der Waals surface area contributed by atoms with Gasteiger partial charge in [0.1, 0.15) is 35.0 Å². The molecular weight excluding hydrogens is 402 g/mol. The highest BCUT2D eigenvalue weighted by molar-refractivity contribution is 6.14. The van der Waals surface area contributed by atoms with E-state index in [1.54, 1.807) is 24.3 Å². The standard InChI is InChI=1S/C25H28N5O2/c1-17(2)14-30-13-12-19(15-30)29-25-22(24(26)27-16-28-25)23(31)18-8-10-21(11-9-18)32-20-6-4-3-5-7-20/h3-11,16,19H,12-15H2,1-2H3,(H3,26,27,28,29)/t19-/m1/s1. The second-order valence-corrected chi connectivity index (χ2v) is 8.32. The van der Waals surface area contributed by atoms with E-state index in [1.807, 2.05) is 30.3 Å². The van der Waals surface area contributed by atoms with Crippen molar-refractivity contribution in [1.82, 2.24) is 14.9 Å². The molecule has 7 heteroatoms. The van der Waals surface area contributed by atoms with E-state index in [0.717, 1.165) is 31.8 Å². The van der Waals surface area contributed by atoms with Gasteiger partial charge in [0.2, 0.25) is 0 Å². The number of hydrogen-bond donors (Lipinski definition) is 2. The van der Waals surface area contributed by atoms with E-state index >= 15 is 0 Å². The fourth-order valence-electron chi connectivity index (χ4n) is 3.91. The number of nitrogens with two attached hydrogens (primary N) is 1. The Bertz CT molecular complexity index is 1050. The van der Waals surface area contributed by atoms with Crippen LogP contribution in [0.2, 0.25) is 0 Å². The molecular formula is C25H28N5O2. The first kappa shape index (κ1) is 21.8. The second-order valence-electron chi connectivity index (χ2n) is 8.32. The quantitative estimate of drug-likeness (QED) is 0.518. The van der Waals surface area contributed by atoms with Gasteiger partial charge in [-0.3, -0.25) is 4.79 Å². The number of aromatic nitrogens is 2. The number of ether oxygens (including phenoxy) is 1. The number of likely N-dealkylation sites (tertiary alicyclic amines) is 1. The summed E-state index contributed by atoms with van der Waals surface area (Å²) in [6.45, 7) is 7.16. The van der Waals surface area contributed by atoms with Gasteiger partial charge in [-0.05, 0) is 48.7 Å². The van der Waals surface area contributed by atoms with Crippen LogP contribution in [-0.2, 0) is 0 Å². The van der Waals surface area contributed by atoms with E-state index < -0.39 is 0 Å². The van der Waals surface area contributed by atoms with E-state index in [2.05, 4.69) is 34.0 Å². The van der Waals surface area contributed by atoms with Gasteiger partial charge < -0.3 is 20.7 Å². The third-order valence-corrected chi connectivity index (χ3v) is 5.35. The SMILES string of the molecule is C[C](C)CN1CC[C@@H](Nc2ncnc(N)c2C(=O)c2ccc(Oc3ccccc3)cc2)C1. The van der Waals surface area contributed by atoms with Crippen molar-refractivity contribution < 1.29 is 9.53 Å². The Hall–Kier alpha value is -3.45. The van der Waals surface area contributed by atoms with E-state index in [-0.39, 0.29) is 17.6 Å². The zero-order chi connectivity index (χ0) is 22.5. The van der Waals surface area contributed by atoms with Crippen LogP contribution in [0, 0.1) is 5.92 Å². The van der Waals surface area contributed by atoms with Crippen molar-refractivity contribution in [2.45, 2.75) is 26.3 Å². The summed E-state index contributed by atoms with van der Waals surface area (Å²) >= 11 is 0. The third-order valence-electron chi connectivity index (χ3n) is 5.35. The van der Waals surface area contributed by atoms with Gasteiger partial charge in [0.25, 0.3) is 0 Å². The molecule has 1 aliphatic heterocycles. The van der Waals surface area contributed by atoms with Crippen molar-refractivity contribution in [2.24, 2.45) is 0 Å². The fraction of sp³-hybridized carbons (Fsp3) is 0.280. The molecule has 4 rings (SSSR count). The van der Waals surface area contributed by atoms with Crippen molar-refractivity contribution >= 4 is 17.4 Å². The van der Waals surface area contributed by atoms with E-state index in [1.165, 1.54) is 12.2 Å². The molecule has 1 saturated heterocycles. The number of anilines is 2. The first-order valence-electron chi connectivity index (χ1n) is 10.8. The van der Waals surface area contributed by atoms with Gasteiger partial charge in [-0.1, -0.05) is 32.0 Å². The molecule has 0 bridgehead atoms. The van der Waals surface area contributed by atoms with Gasteiger partial charge in [-0.25, -0.2) is 9.97 Å². The Morgan fingerprint density at radius 1 is 1.09 bits per heavy atom. The molecule has 1 radical (unpaired) electrons. The minimum Gasteiger partial charge on any atom is -0.457 e. The molecule has 1 fully saturated rings. The molecule has 0 amide bonds. The van der Waals surface area contributed by atoms with Crippen molar-refractivity contribution in [2.75, 3.05) is 30.7 Å². The van der Waals surface area contributed by atoms with E-state index in [4.69, 9.17) is 10.5 Å². The molecule has 1 aliphatic rings. The summed E-state index contributed by atoms with van der Waals surface area (Å²) in [5.41, 5.74) is 6.91. The number of para-hydroxylation sites is 1. The van der Waals surface area contributed by atoms with Crippen LogP contribution in [0.5, 0.6) is 11.5 Å². The topological polar surface area (TPSA) is 93.4 Å². The van der Waals surface area contributed by atoms with Gasteiger partial charge in [-0.15, -0.1) is 0 Å². The Labute approximate surface area is 188 Å². The van der Waals surface area contributed by atoms with Gasteiger partial charge in [0, 0.05) is 31.2 Å². The monoisotopic (exact) mass is 430 g/mol. The number of carbonyl (C=O) groups excluding carboxylic acids is 1. The van der Waals surface area contributed by atoms with Crippen LogP contribution in [-0.4, -0.2) is 46.3 Å². The summed E-state index contributed by atoms with van der Waals surface area (Å²) in [5.74, 6) is 3.20. The highest BCUT2D eigenvalue weighted by atomic mass is 16.5. The van der Waals surface area contributed by atoms with Crippen molar-refractivity contribution in [3.05, 3.63) is 78.0 Å². The van der Waals surface area contributed by atoms with Crippen LogP contribution in [0.15, 0.2) is 60.9 Å². The molecule has 2 aromatic carbocycles. The maximum atomic E-state index is 13.3. The smallest absolute Gasteiger partial charge is 0.200 e. The van der Waals surface area contributed by atoms with Gasteiger partial charge in [0.05, 0.1) is 0 Å². The first-order valence-corrected chi connectivity index (χ1v) is 10.8. The molecule has 3 N–H and O–H groups in total. The Morgan fingerprint density at radius 3 is 2.53 bits per heavy atom. The molecule has 32 heavy (non-hydrogen) atoms. The minimum atomic E-state index is -0.218. The van der Waals surface area contributed by atoms with Gasteiger partial charge in [0.15, 0.2) is 5.78 Å². The maximum Gasteiger partial charge on any atom is 0.200 e. The lowest BCUT2D eigenvalue weighted by Gasteiger charge is -2.19. The Kier molecular flexibility index (Phi) is 6.66. The van der Waals surface area contributed by atoms with E-state index in [0.29, 0.717) is 22.7 Å². The number of hydrogen-bond acceptors (Lipinski definition) is 7. The van der Waals surface area contributed by atoms with Crippen molar-refractivity contribution in [3.63, 3.8) is 0 Å². The number of nitrogen functional groups attached to an aromatic ring is 1. The summed E-state index contributed by atoms with van der Waals surface area (Å²) in [6.07, 6.45) is 2.37. The Morgan fingerprint density at radius 2 is 1.81 bits per heavy atom. The summed E-state index contributed by atoms with van der Waals surface area (Å²) in [6, 6.07) is 16.7. The number of rotatable bonds is 8. The zero-order valence-corrected chi connectivity index (χ0v) is 18.4. The zero-order valence-electron chi connectivity index (χ0n) is 18.4. The lowest BCUT2D eigenvalue weighted by atomic mass is 10.0. The van der Waals surface area contributed by atoms with Crippen LogP contribution < -0.4 is 15.8 Å². The Balaban J connectivity index is 1.49. The molecule has 1 aromatic heterocycles. The third kappa shape index (κ3) is 5.23. The van der Waals surface area contributed by atoms with Crippen LogP contribution in [0.25, 0.3) is 0 Å². The normalized spacial score (nSPS) is 16.3. The largest absolute Gasteiger partial charge is 0.457 e. The first-order chi connectivity index (χ1) is 15.5. The van der Waals surface area contributed by atoms with Crippen LogP contribution in [0.3, 0.4) is 0 Å². The maximum absolute atomic E-state index is 13.3. The molecule has 165 valence electrons. The minimum absolute atomic E-state index is 0.171. The predicted molar refractivity (Wildman–Crippen MR) is 126 cm³/mol. The number of nitrogens with zero attached hydrogens (tertiary/aromatic N) is 3. The van der Waals surface area contributed by atoms with Crippen LogP contribution >= 0.6 is 0 Å².